The van der Waals surface area contributed by atoms with E-state index in [0.29, 0.717) is 5.92 Å². The molecular weight excluding hydrogens is 170 g/mol. The Kier molecular flexibility index (Phi) is 3.70. The van der Waals surface area contributed by atoms with Gasteiger partial charge >= 0.3 is 0 Å². The summed E-state index contributed by atoms with van der Waals surface area (Å²) in [6, 6.07) is 4.52. The molecule has 78 valence electrons. The highest BCUT2D eigenvalue weighted by Gasteiger charge is 2.10. The molecule has 0 heterocycles. The molecule has 0 radical (unpaired) electrons. The number of nitrogens with two attached hydrogens (primary N) is 1. The third kappa shape index (κ3) is 2.36. The zero-order valence-electron chi connectivity index (χ0n) is 9.72. The summed E-state index contributed by atoms with van der Waals surface area (Å²) in [6.45, 7) is 9.58. The van der Waals surface area contributed by atoms with Crippen molar-refractivity contribution in [3.8, 4) is 0 Å². The summed E-state index contributed by atoms with van der Waals surface area (Å²) < 4.78 is 0. The van der Waals surface area contributed by atoms with E-state index in [9.17, 15) is 0 Å². The van der Waals surface area contributed by atoms with Crippen LogP contribution in [0.15, 0.2) is 12.1 Å². The topological polar surface area (TPSA) is 26.0 Å². The first kappa shape index (κ1) is 11.3. The van der Waals surface area contributed by atoms with Crippen LogP contribution in [-0.4, -0.2) is 6.54 Å². The van der Waals surface area contributed by atoms with Crippen molar-refractivity contribution in [2.45, 2.75) is 40.0 Å². The van der Waals surface area contributed by atoms with Gasteiger partial charge in [0.15, 0.2) is 0 Å². The Hall–Kier alpha value is -0.820. The molecule has 0 aliphatic heterocycles. The van der Waals surface area contributed by atoms with Crippen molar-refractivity contribution in [3.05, 3.63) is 34.4 Å². The summed E-state index contributed by atoms with van der Waals surface area (Å²) in [5.41, 5.74) is 11.2. The molecule has 1 heteroatoms. The summed E-state index contributed by atoms with van der Waals surface area (Å²) in [5.74, 6) is 0.584. The average molecular weight is 191 g/mol. The van der Waals surface area contributed by atoms with Gasteiger partial charge in [-0.1, -0.05) is 24.6 Å². The molecule has 1 nitrogen and oxygen atoms in total. The summed E-state index contributed by atoms with van der Waals surface area (Å²) in [4.78, 5) is 0. The summed E-state index contributed by atoms with van der Waals surface area (Å²) in [7, 11) is 0. The monoisotopic (exact) mass is 191 g/mol. The molecule has 0 amide bonds. The van der Waals surface area contributed by atoms with Crippen molar-refractivity contribution in [3.63, 3.8) is 0 Å². The fourth-order valence-electron chi connectivity index (χ4n) is 2.36. The van der Waals surface area contributed by atoms with Gasteiger partial charge in [0.25, 0.3) is 0 Å². The van der Waals surface area contributed by atoms with E-state index in [4.69, 9.17) is 5.73 Å². The number of hydrogen-bond donors (Lipinski definition) is 1. The van der Waals surface area contributed by atoms with E-state index in [2.05, 4.69) is 39.8 Å². The maximum absolute atomic E-state index is 5.60. The molecule has 0 aliphatic carbocycles. The lowest BCUT2D eigenvalue weighted by atomic mass is 9.89. The predicted octanol–water partition coefficient (Wildman–Crippen LogP) is 3.06. The molecule has 1 unspecified atom stereocenters. The van der Waals surface area contributed by atoms with Crippen LogP contribution >= 0.6 is 0 Å². The molecule has 0 saturated heterocycles. The number of aryl methyl sites for hydroxylation is 3. The molecule has 0 saturated carbocycles. The van der Waals surface area contributed by atoms with E-state index in [0.717, 1.165) is 13.0 Å². The van der Waals surface area contributed by atoms with Gasteiger partial charge in [0, 0.05) is 0 Å². The predicted molar refractivity (Wildman–Crippen MR) is 62.7 cm³/mol. The van der Waals surface area contributed by atoms with Crippen LogP contribution in [0.4, 0.5) is 0 Å². The molecule has 0 bridgehead atoms. The lowest BCUT2D eigenvalue weighted by Crippen LogP contribution is -2.07. The van der Waals surface area contributed by atoms with Crippen LogP contribution in [-0.2, 0) is 0 Å². The van der Waals surface area contributed by atoms with Gasteiger partial charge in [0.1, 0.15) is 0 Å². The van der Waals surface area contributed by atoms with E-state index in [1.165, 1.54) is 22.3 Å². The molecule has 0 fully saturated rings. The van der Waals surface area contributed by atoms with Crippen LogP contribution in [0.5, 0.6) is 0 Å². The molecule has 2 N–H and O–H groups in total. The van der Waals surface area contributed by atoms with Gasteiger partial charge in [-0.05, 0) is 56.3 Å². The Morgan fingerprint density at radius 1 is 1.14 bits per heavy atom. The Morgan fingerprint density at radius 3 is 2.07 bits per heavy atom. The first-order valence-corrected chi connectivity index (χ1v) is 5.34. The van der Waals surface area contributed by atoms with E-state index in [-0.39, 0.29) is 0 Å². The zero-order chi connectivity index (χ0) is 10.7. The number of rotatable bonds is 3. The van der Waals surface area contributed by atoms with Crippen molar-refractivity contribution < 1.29 is 0 Å². The lowest BCUT2D eigenvalue weighted by Gasteiger charge is -2.17. The maximum atomic E-state index is 5.60. The summed E-state index contributed by atoms with van der Waals surface area (Å²) in [6.07, 6.45) is 1.07. The minimum atomic E-state index is 0.584. The fourth-order valence-corrected chi connectivity index (χ4v) is 2.36. The number of hydrogen-bond acceptors (Lipinski definition) is 1. The second-order valence-electron chi connectivity index (χ2n) is 4.29. The maximum Gasteiger partial charge on any atom is -0.00715 e. The third-order valence-electron chi connectivity index (χ3n) is 2.83. The Bertz CT molecular complexity index is 292. The standard InChI is InChI=1S/C13H21N/c1-9-7-11(3)13(12(4)8-9)10(2)5-6-14/h7-8,10H,5-6,14H2,1-4H3. The Balaban J connectivity index is 3.07. The van der Waals surface area contributed by atoms with E-state index in [1.54, 1.807) is 0 Å². The molecule has 14 heavy (non-hydrogen) atoms. The van der Waals surface area contributed by atoms with Gasteiger partial charge < -0.3 is 5.73 Å². The van der Waals surface area contributed by atoms with Gasteiger partial charge in [0.05, 0.1) is 0 Å². The first-order chi connectivity index (χ1) is 6.56. The Labute approximate surface area is 87.3 Å². The van der Waals surface area contributed by atoms with Crippen molar-refractivity contribution in [2.75, 3.05) is 6.54 Å². The molecular formula is C13H21N. The van der Waals surface area contributed by atoms with Crippen LogP contribution in [0.3, 0.4) is 0 Å². The largest absolute Gasteiger partial charge is 0.330 e. The van der Waals surface area contributed by atoms with Crippen molar-refractivity contribution in [1.29, 1.82) is 0 Å². The van der Waals surface area contributed by atoms with Crippen molar-refractivity contribution in [1.82, 2.24) is 0 Å². The van der Waals surface area contributed by atoms with E-state index in [1.807, 2.05) is 0 Å². The highest BCUT2D eigenvalue weighted by Crippen LogP contribution is 2.26. The first-order valence-electron chi connectivity index (χ1n) is 5.34. The van der Waals surface area contributed by atoms with Crippen LogP contribution < -0.4 is 5.73 Å². The second-order valence-corrected chi connectivity index (χ2v) is 4.29. The Morgan fingerprint density at radius 2 is 1.64 bits per heavy atom. The molecule has 1 rings (SSSR count). The van der Waals surface area contributed by atoms with Crippen LogP contribution in [0.25, 0.3) is 0 Å². The third-order valence-corrected chi connectivity index (χ3v) is 2.83. The van der Waals surface area contributed by atoms with Crippen molar-refractivity contribution >= 4 is 0 Å². The molecule has 1 aromatic rings. The molecule has 0 aliphatic rings. The summed E-state index contributed by atoms with van der Waals surface area (Å²) >= 11 is 0. The van der Waals surface area contributed by atoms with Crippen LogP contribution in [0, 0.1) is 20.8 Å². The minimum absolute atomic E-state index is 0.584. The van der Waals surface area contributed by atoms with Gasteiger partial charge in [-0.25, -0.2) is 0 Å². The van der Waals surface area contributed by atoms with Gasteiger partial charge in [0.2, 0.25) is 0 Å². The van der Waals surface area contributed by atoms with Crippen LogP contribution in [0.1, 0.15) is 41.5 Å². The van der Waals surface area contributed by atoms with Gasteiger partial charge in [-0.2, -0.15) is 0 Å². The summed E-state index contributed by atoms with van der Waals surface area (Å²) in [5, 5.41) is 0. The number of benzene rings is 1. The minimum Gasteiger partial charge on any atom is -0.330 e. The van der Waals surface area contributed by atoms with Crippen molar-refractivity contribution in [2.24, 2.45) is 5.73 Å². The molecule has 1 aromatic carbocycles. The smallest absolute Gasteiger partial charge is 0.00715 e. The highest BCUT2D eigenvalue weighted by molar-refractivity contribution is 5.39. The quantitative estimate of drug-likeness (QED) is 0.780. The average Bonchev–Trinajstić information content (AvgIpc) is 2.01. The lowest BCUT2D eigenvalue weighted by molar-refractivity contribution is 0.682. The fraction of sp³-hybridized carbons (Fsp3) is 0.538. The second kappa shape index (κ2) is 4.61. The molecule has 1 atom stereocenters. The zero-order valence-corrected chi connectivity index (χ0v) is 9.72. The van der Waals surface area contributed by atoms with Gasteiger partial charge in [-0.3, -0.25) is 0 Å². The normalized spacial score (nSPS) is 12.9. The van der Waals surface area contributed by atoms with E-state index >= 15 is 0 Å². The molecule has 0 spiro atoms. The van der Waals surface area contributed by atoms with Gasteiger partial charge in [-0.15, -0.1) is 0 Å². The van der Waals surface area contributed by atoms with Crippen LogP contribution in [0.2, 0.25) is 0 Å². The highest BCUT2D eigenvalue weighted by atomic mass is 14.5. The van der Waals surface area contributed by atoms with E-state index < -0.39 is 0 Å². The molecule has 0 aromatic heterocycles. The SMILES string of the molecule is Cc1cc(C)c(C(C)CCN)c(C)c1.